The highest BCUT2D eigenvalue weighted by molar-refractivity contribution is 7.27. The number of nitrogens with zero attached hydrogens (tertiary/aromatic N) is 3. The lowest BCUT2D eigenvalue weighted by Crippen LogP contribution is -1.94. The normalized spacial score (nSPS) is 12.0. The number of aryl methyl sites for hydroxylation is 2. The van der Waals surface area contributed by atoms with E-state index in [-0.39, 0.29) is 0 Å². The number of furan rings is 3. The van der Waals surface area contributed by atoms with Gasteiger partial charge in [-0.3, -0.25) is 0 Å². The van der Waals surface area contributed by atoms with E-state index in [2.05, 4.69) is 495 Å². The summed E-state index contributed by atoms with van der Waals surface area (Å²) in [7, 11) is 0. The van der Waals surface area contributed by atoms with Gasteiger partial charge < -0.3 is 27.0 Å². The average Bonchev–Trinajstić information content (AvgIpc) is 1.58. The monoisotopic (exact) mass is 1880 g/mol. The molecule has 9 aromatic heterocycles. The van der Waals surface area contributed by atoms with Gasteiger partial charge in [0.15, 0.2) is 16.7 Å². The largest absolute Gasteiger partial charge is 0.454 e. The Morgan fingerprint density at radius 1 is 0.168 bits per heavy atom. The van der Waals surface area contributed by atoms with Crippen LogP contribution in [0.25, 0.3) is 287 Å². The van der Waals surface area contributed by atoms with E-state index in [1.165, 1.54) is 193 Å². The van der Waals surface area contributed by atoms with Crippen molar-refractivity contribution in [1.29, 1.82) is 0 Å². The number of hydrogen-bond acceptors (Lipinski definition) is 6. The molecule has 0 fully saturated rings. The minimum atomic E-state index is 0.891. The third kappa shape index (κ3) is 13.5. The van der Waals surface area contributed by atoms with E-state index < -0.39 is 0 Å². The molecular formula is C134H83N3O3S3. The van der Waals surface area contributed by atoms with E-state index >= 15 is 0 Å². The van der Waals surface area contributed by atoms with Crippen LogP contribution in [0, 0.1) is 13.8 Å². The number of benzene rings is 22. The fourth-order valence-corrected chi connectivity index (χ4v) is 26.1. The topological polar surface area (TPSA) is 54.2 Å². The zero-order chi connectivity index (χ0) is 94.2. The number of fused-ring (bicyclic) bond motifs is 27. The molecule has 31 aromatic rings. The highest BCUT2D eigenvalue weighted by Crippen LogP contribution is 2.50. The van der Waals surface area contributed by atoms with Crippen molar-refractivity contribution in [2.24, 2.45) is 0 Å². The van der Waals surface area contributed by atoms with Crippen molar-refractivity contribution >= 4 is 226 Å². The fourth-order valence-electron chi connectivity index (χ4n) is 22.6. The van der Waals surface area contributed by atoms with Gasteiger partial charge in [0, 0.05) is 125 Å². The van der Waals surface area contributed by atoms with Gasteiger partial charge in [-0.05, 0) is 249 Å². The molecule has 0 aliphatic carbocycles. The molecule has 22 aromatic carbocycles. The van der Waals surface area contributed by atoms with Crippen LogP contribution in [-0.4, -0.2) is 13.7 Å². The van der Waals surface area contributed by atoms with Crippen LogP contribution in [0.15, 0.2) is 480 Å². The Bertz CT molecular complexity index is 10400. The molecule has 670 valence electrons. The van der Waals surface area contributed by atoms with Crippen molar-refractivity contribution < 1.29 is 13.3 Å². The van der Waals surface area contributed by atoms with Crippen molar-refractivity contribution in [3.63, 3.8) is 0 Å². The Balaban J connectivity index is 0.000000103. The highest BCUT2D eigenvalue weighted by atomic mass is 32.1. The van der Waals surface area contributed by atoms with E-state index in [4.69, 9.17) is 13.3 Å². The van der Waals surface area contributed by atoms with Gasteiger partial charge in [-0.2, -0.15) is 0 Å². The third-order valence-corrected chi connectivity index (χ3v) is 32.8. The van der Waals surface area contributed by atoms with Crippen molar-refractivity contribution in [2.45, 2.75) is 13.8 Å². The van der Waals surface area contributed by atoms with Gasteiger partial charge in [0.05, 0.1) is 50.2 Å². The molecule has 0 amide bonds. The first-order valence-corrected chi connectivity index (χ1v) is 51.1. The van der Waals surface area contributed by atoms with Gasteiger partial charge >= 0.3 is 0 Å². The zero-order valence-electron chi connectivity index (χ0n) is 77.7. The molecule has 0 bridgehead atoms. The molecule has 0 radical (unpaired) electrons. The summed E-state index contributed by atoms with van der Waals surface area (Å²) in [6.07, 6.45) is 0. The molecule has 0 aliphatic heterocycles. The van der Waals surface area contributed by atoms with Crippen molar-refractivity contribution in [3.8, 4) is 95.0 Å². The maximum absolute atomic E-state index is 6.80. The van der Waals surface area contributed by atoms with E-state index in [1.807, 2.05) is 34.0 Å². The maximum atomic E-state index is 6.80. The van der Waals surface area contributed by atoms with Gasteiger partial charge in [0.1, 0.15) is 16.7 Å². The molecule has 0 unspecified atom stereocenters. The first kappa shape index (κ1) is 82.4. The van der Waals surface area contributed by atoms with Crippen LogP contribution in [0.2, 0.25) is 0 Å². The van der Waals surface area contributed by atoms with Crippen LogP contribution < -0.4 is 0 Å². The summed E-state index contributed by atoms with van der Waals surface area (Å²) in [6, 6.07) is 169. The van der Waals surface area contributed by atoms with Crippen LogP contribution in [0.3, 0.4) is 0 Å². The molecule has 9 heteroatoms. The summed E-state index contributed by atoms with van der Waals surface area (Å²) in [5, 5.41) is 22.1. The number of rotatable bonds is 10. The Morgan fingerprint density at radius 3 is 0.909 bits per heavy atom. The fraction of sp³-hybridized carbons (Fsp3) is 0.0149. The summed E-state index contributed by atoms with van der Waals surface area (Å²) in [6.45, 7) is 4.32. The van der Waals surface area contributed by atoms with E-state index in [0.717, 1.165) is 105 Å². The smallest absolute Gasteiger partial charge is 0.159 e. The minimum Gasteiger partial charge on any atom is -0.454 e. The lowest BCUT2D eigenvalue weighted by molar-refractivity contribution is 0.666. The SMILES string of the molecule is Cc1ccc2c(c1)c1cc(C)ccc1n2-c1cccc2c1oc1ccc(-c3cccc4sc5ccccc5c34)cc12.c1ccc(-c2ccc3c(c2)c2cc(-c4ccccc4)ccc2n3-c2cccc3c2oc2ccc(-c4ccc5c(c4)sc4ccccc45)cc23)cc1.c1ccc(-c2ccc3c(c2)c2cc(-c4ccccc4)ccc2n3-c2cccc3c2oc2ccc(-c4cccc5c4sc4ccccc45)cc23)cc1. The van der Waals surface area contributed by atoms with Crippen LogP contribution in [0.1, 0.15) is 11.1 Å². The molecule has 0 saturated heterocycles. The minimum absolute atomic E-state index is 0.891. The summed E-state index contributed by atoms with van der Waals surface area (Å²) in [4.78, 5) is 0. The number of para-hydroxylation sites is 3. The quantitative estimate of drug-likeness (QED) is 0.137. The predicted molar refractivity (Wildman–Crippen MR) is 610 cm³/mol. The highest BCUT2D eigenvalue weighted by Gasteiger charge is 2.26. The van der Waals surface area contributed by atoms with Gasteiger partial charge in [-0.25, -0.2) is 0 Å². The molecule has 6 nitrogen and oxygen atoms in total. The van der Waals surface area contributed by atoms with E-state index in [1.54, 1.807) is 0 Å². The molecule has 0 N–H and O–H groups in total. The molecular weight excluding hydrogens is 1800 g/mol. The van der Waals surface area contributed by atoms with Crippen molar-refractivity contribution in [1.82, 2.24) is 13.7 Å². The second-order valence-electron chi connectivity index (χ2n) is 37.7. The zero-order valence-corrected chi connectivity index (χ0v) is 80.2. The summed E-state index contributed by atoms with van der Waals surface area (Å²) >= 11 is 5.59. The van der Waals surface area contributed by atoms with Crippen LogP contribution in [0.4, 0.5) is 0 Å². The van der Waals surface area contributed by atoms with E-state index in [9.17, 15) is 0 Å². The maximum Gasteiger partial charge on any atom is 0.159 e. The van der Waals surface area contributed by atoms with Crippen LogP contribution in [-0.2, 0) is 0 Å². The lowest BCUT2D eigenvalue weighted by atomic mass is 9.98. The summed E-state index contributed by atoms with van der Waals surface area (Å²) in [5.41, 5.74) is 35.1. The van der Waals surface area contributed by atoms with Crippen molar-refractivity contribution in [3.05, 3.63) is 478 Å². The lowest BCUT2D eigenvalue weighted by Gasteiger charge is -2.09. The van der Waals surface area contributed by atoms with Gasteiger partial charge in [0.25, 0.3) is 0 Å². The molecule has 31 rings (SSSR count). The Labute approximate surface area is 833 Å². The Hall–Kier alpha value is -17.7. The Kier molecular flexibility index (Phi) is 19.0. The van der Waals surface area contributed by atoms with E-state index in [0.29, 0.717) is 0 Å². The Morgan fingerprint density at radius 2 is 0.455 bits per heavy atom. The second kappa shape index (κ2) is 33.0. The molecule has 143 heavy (non-hydrogen) atoms. The second-order valence-corrected chi connectivity index (χ2v) is 40.9. The van der Waals surface area contributed by atoms with Crippen molar-refractivity contribution in [2.75, 3.05) is 0 Å². The first-order chi connectivity index (χ1) is 70.7. The average molecular weight is 1880 g/mol. The van der Waals surface area contributed by atoms with Gasteiger partial charge in [-0.15, -0.1) is 34.0 Å². The molecule has 9 heterocycles. The number of aromatic nitrogens is 3. The molecule has 0 saturated carbocycles. The molecule has 0 spiro atoms. The first-order valence-electron chi connectivity index (χ1n) is 48.7. The van der Waals surface area contributed by atoms with Gasteiger partial charge in [0.2, 0.25) is 0 Å². The summed E-state index contributed by atoms with van der Waals surface area (Å²) < 4.78 is 35.3. The van der Waals surface area contributed by atoms with Crippen LogP contribution in [0.5, 0.6) is 0 Å². The number of thiophene rings is 3. The summed E-state index contributed by atoms with van der Waals surface area (Å²) in [5.74, 6) is 0. The standard InChI is InChI=1S/2C48H29NOS.C38H25NOS/c1-3-11-30(12-4-1)32-21-24-42-39(27-32)40-28-33(31-13-5-2-6-14-31)22-25-43(40)49(42)44-19-10-17-37-41-29-34(23-26-45(41)50-47(37)44)35-16-9-18-38-36-15-7-8-20-46(36)51-48(35)38;1-3-10-30(11-4-1)32-19-23-42-39(26-32)40-27-33(31-12-5-2-6-13-31)20-24-43(40)49(42)44-16-9-15-38-41-28-34(21-25-45(41)50-48(38)44)35-18-22-37-36-14-7-8-17-46(36)51-47(37)29-35;1-22-13-16-31-28(19-22)29-20-23(2)14-17-32(29)39(31)33-10-5-9-26-30-21-24(15-18-34(30)40-38(26)33)25-8-6-12-36-37(25)27-7-3-4-11-35(27)41-36/h2*1-29H;3-21H,1-2H3. The predicted octanol–water partition coefficient (Wildman–Crippen LogP) is 39.4. The number of hydrogen-bond donors (Lipinski definition) is 0. The molecule has 0 aliphatic rings. The molecule has 0 atom stereocenters. The van der Waals surface area contributed by atoms with Crippen LogP contribution >= 0.6 is 34.0 Å². The van der Waals surface area contributed by atoms with Gasteiger partial charge in [-0.1, -0.05) is 321 Å². The third-order valence-electron chi connectivity index (χ3n) is 29.3.